The minimum Gasteiger partial charge on any atom is -0.268 e. The first-order valence-corrected chi connectivity index (χ1v) is 5.85. The van der Waals surface area contributed by atoms with E-state index in [1.807, 2.05) is 0 Å². The largest absolute Gasteiger partial charge is 0.397 e. The van der Waals surface area contributed by atoms with E-state index < -0.39 is 33.7 Å². The van der Waals surface area contributed by atoms with Crippen molar-refractivity contribution in [3.63, 3.8) is 0 Å². The highest BCUT2D eigenvalue weighted by Gasteiger charge is 2.05. The van der Waals surface area contributed by atoms with Crippen molar-refractivity contribution >= 4 is 20.5 Å². The molecule has 0 rings (SSSR count). The molecule has 0 saturated heterocycles. The summed E-state index contributed by atoms with van der Waals surface area (Å²) in [6.07, 6.45) is 0.806. The number of hydrogen-bond donors (Lipinski definition) is 1. The quantitative estimate of drug-likeness (QED) is 0.351. The van der Waals surface area contributed by atoms with Crippen LogP contribution < -0.4 is 0 Å². The molecule has 0 aromatic carbocycles. The van der Waals surface area contributed by atoms with Crippen LogP contribution in [0, 0.1) is 0 Å². The summed E-state index contributed by atoms with van der Waals surface area (Å²) in [4.78, 5) is 0. The fourth-order valence-electron chi connectivity index (χ4n) is 0.325. The molecule has 0 heterocycles. The molecule has 0 aromatic rings. The summed E-state index contributed by atoms with van der Waals surface area (Å²) in [6, 6.07) is 0. The Morgan fingerprint density at radius 2 is 1.50 bits per heavy atom. The molecule has 0 aliphatic rings. The van der Waals surface area contributed by atoms with Crippen molar-refractivity contribution in [1.29, 1.82) is 0 Å². The van der Waals surface area contributed by atoms with Crippen LogP contribution in [0.4, 0.5) is 0 Å². The Balaban J connectivity index is 3.62. The molecule has 0 atom stereocenters. The normalized spacial score (nSPS) is 13.2. The molecule has 7 nitrogen and oxygen atoms in total. The van der Waals surface area contributed by atoms with Crippen molar-refractivity contribution in [3.05, 3.63) is 0 Å². The van der Waals surface area contributed by atoms with Crippen LogP contribution in [0.1, 0.15) is 0 Å². The second kappa shape index (κ2) is 4.14. The van der Waals surface area contributed by atoms with Gasteiger partial charge < -0.3 is 0 Å². The Kier molecular flexibility index (Phi) is 4.06. The van der Waals surface area contributed by atoms with E-state index in [1.54, 1.807) is 0 Å². The molecule has 74 valence electrons. The molecule has 0 aliphatic heterocycles. The van der Waals surface area contributed by atoms with E-state index >= 15 is 0 Å². The molecule has 0 spiro atoms. The van der Waals surface area contributed by atoms with Gasteiger partial charge in [0.05, 0.1) is 19.5 Å². The fraction of sp³-hybridized carbons (Fsp3) is 1.00. The van der Waals surface area contributed by atoms with E-state index in [9.17, 15) is 16.8 Å². The monoisotopic (exact) mass is 220 g/mol. The van der Waals surface area contributed by atoms with Crippen LogP contribution in [-0.2, 0) is 28.9 Å². The molecule has 9 heteroatoms. The van der Waals surface area contributed by atoms with Gasteiger partial charge in [-0.05, 0) is 0 Å². The molecule has 0 bridgehead atoms. The Morgan fingerprint density at radius 3 is 1.83 bits per heavy atom. The van der Waals surface area contributed by atoms with Crippen LogP contribution in [0.2, 0.25) is 0 Å². The van der Waals surface area contributed by atoms with Gasteiger partial charge in [0.15, 0.2) is 0 Å². The fourth-order valence-corrected chi connectivity index (χ4v) is 0.974. The van der Waals surface area contributed by atoms with Gasteiger partial charge in [-0.15, -0.1) is 0 Å². The maximum atomic E-state index is 10.3. The standard InChI is InChI=1S/C3H8O7S2/c1-11(4,5)9-2-3-10-12(6,7)8/h2-3H2,1H3,(H,6,7,8). The highest BCUT2D eigenvalue weighted by Crippen LogP contribution is 1.89. The maximum Gasteiger partial charge on any atom is 0.397 e. The predicted octanol–water partition coefficient (Wildman–Crippen LogP) is -1.22. The first-order valence-electron chi connectivity index (χ1n) is 2.67. The van der Waals surface area contributed by atoms with Crippen LogP contribution in [-0.4, -0.2) is 40.9 Å². The van der Waals surface area contributed by atoms with Crippen molar-refractivity contribution in [3.8, 4) is 0 Å². The lowest BCUT2D eigenvalue weighted by Crippen LogP contribution is -2.12. The third-order valence-corrected chi connectivity index (χ3v) is 1.67. The molecule has 1 N–H and O–H groups in total. The van der Waals surface area contributed by atoms with Gasteiger partial charge in [0.2, 0.25) is 0 Å². The second-order valence-electron chi connectivity index (χ2n) is 1.78. The third kappa shape index (κ3) is 9.78. The summed E-state index contributed by atoms with van der Waals surface area (Å²) >= 11 is 0. The van der Waals surface area contributed by atoms with Gasteiger partial charge in [0.25, 0.3) is 10.1 Å². The van der Waals surface area contributed by atoms with Gasteiger partial charge >= 0.3 is 10.4 Å². The van der Waals surface area contributed by atoms with Crippen LogP contribution in [0.5, 0.6) is 0 Å². The lowest BCUT2D eigenvalue weighted by molar-refractivity contribution is 0.206. The summed E-state index contributed by atoms with van der Waals surface area (Å²) in [7, 11) is -8.11. The molecular formula is C3H8O7S2. The van der Waals surface area contributed by atoms with E-state index in [4.69, 9.17) is 4.55 Å². The lowest BCUT2D eigenvalue weighted by Gasteiger charge is -1.99. The number of rotatable bonds is 5. The maximum absolute atomic E-state index is 10.3. The molecule has 0 saturated carbocycles. The zero-order valence-electron chi connectivity index (χ0n) is 6.13. The summed E-state index contributed by atoms with van der Waals surface area (Å²) in [5, 5.41) is 0. The summed E-state index contributed by atoms with van der Waals surface area (Å²) in [5.41, 5.74) is 0. The topological polar surface area (TPSA) is 107 Å². The molecule has 0 aliphatic carbocycles. The zero-order chi connectivity index (χ0) is 9.83. The van der Waals surface area contributed by atoms with E-state index in [0.717, 1.165) is 6.26 Å². The van der Waals surface area contributed by atoms with Gasteiger partial charge in [0, 0.05) is 0 Å². The zero-order valence-corrected chi connectivity index (χ0v) is 7.76. The Hall–Kier alpha value is -0.220. The van der Waals surface area contributed by atoms with Gasteiger partial charge in [-0.1, -0.05) is 0 Å². The highest BCUT2D eigenvalue weighted by atomic mass is 32.3. The summed E-state index contributed by atoms with van der Waals surface area (Å²) < 4.78 is 56.2. The average molecular weight is 220 g/mol. The summed E-state index contributed by atoms with van der Waals surface area (Å²) in [5.74, 6) is 0. The third-order valence-electron chi connectivity index (χ3n) is 0.613. The summed E-state index contributed by atoms with van der Waals surface area (Å²) in [6.45, 7) is -1.01. The van der Waals surface area contributed by atoms with Crippen LogP contribution in [0.3, 0.4) is 0 Å². The minimum atomic E-state index is -4.52. The lowest BCUT2D eigenvalue weighted by atomic mass is 10.8. The molecule has 0 fully saturated rings. The van der Waals surface area contributed by atoms with Crippen molar-refractivity contribution in [2.24, 2.45) is 0 Å². The molecule has 0 unspecified atom stereocenters. The van der Waals surface area contributed by atoms with Gasteiger partial charge in [0.1, 0.15) is 0 Å². The SMILES string of the molecule is CS(=O)(=O)OCCOS(=O)(=O)O. The van der Waals surface area contributed by atoms with Crippen molar-refractivity contribution in [1.82, 2.24) is 0 Å². The molecule has 12 heavy (non-hydrogen) atoms. The van der Waals surface area contributed by atoms with E-state index in [0.29, 0.717) is 0 Å². The predicted molar refractivity (Wildman–Crippen MR) is 38.3 cm³/mol. The first kappa shape index (κ1) is 11.8. The smallest absolute Gasteiger partial charge is 0.268 e. The molecule has 0 amide bonds. The first-order chi connectivity index (χ1) is 5.21. The number of hydrogen-bond acceptors (Lipinski definition) is 6. The van der Waals surface area contributed by atoms with Crippen molar-refractivity contribution in [2.45, 2.75) is 0 Å². The van der Waals surface area contributed by atoms with Crippen LogP contribution >= 0.6 is 0 Å². The minimum absolute atomic E-state index is 0.460. The van der Waals surface area contributed by atoms with Gasteiger partial charge in [-0.3, -0.25) is 8.74 Å². The van der Waals surface area contributed by atoms with E-state index in [-0.39, 0.29) is 0 Å². The Labute approximate surface area is 70.4 Å². The Morgan fingerprint density at radius 1 is 1.08 bits per heavy atom. The van der Waals surface area contributed by atoms with Crippen molar-refractivity contribution in [2.75, 3.05) is 19.5 Å². The second-order valence-corrected chi connectivity index (χ2v) is 4.51. The van der Waals surface area contributed by atoms with Gasteiger partial charge in [-0.2, -0.15) is 16.8 Å². The van der Waals surface area contributed by atoms with E-state index in [1.165, 1.54) is 0 Å². The van der Waals surface area contributed by atoms with Gasteiger partial charge in [-0.25, -0.2) is 4.18 Å². The molecule has 0 aromatic heterocycles. The van der Waals surface area contributed by atoms with E-state index in [2.05, 4.69) is 8.37 Å². The molecular weight excluding hydrogens is 212 g/mol. The van der Waals surface area contributed by atoms with Crippen molar-refractivity contribution < 1.29 is 29.8 Å². The van der Waals surface area contributed by atoms with Crippen LogP contribution in [0.25, 0.3) is 0 Å². The Bertz CT molecular complexity index is 277. The van der Waals surface area contributed by atoms with Crippen LogP contribution in [0.15, 0.2) is 0 Å². The highest BCUT2D eigenvalue weighted by molar-refractivity contribution is 7.86. The molecule has 0 radical (unpaired) electrons. The average Bonchev–Trinajstić information content (AvgIpc) is 1.76.